The van der Waals surface area contributed by atoms with Gasteiger partial charge in [-0.15, -0.1) is 0 Å². The van der Waals surface area contributed by atoms with E-state index >= 15 is 0 Å². The summed E-state index contributed by atoms with van der Waals surface area (Å²) in [6.45, 7) is -0.0656. The molecule has 1 N–H and O–H groups in total. The molecule has 1 aliphatic heterocycles. The minimum Gasteiger partial charge on any atom is -0.495 e. The number of carbonyl (C=O) groups is 2. The van der Waals surface area contributed by atoms with Crippen LogP contribution in [0.3, 0.4) is 0 Å². The molecule has 0 saturated carbocycles. The van der Waals surface area contributed by atoms with Crippen LogP contribution in [0.15, 0.2) is 36.4 Å². The maximum absolute atomic E-state index is 13.2. The number of nitrogens with zero attached hydrogens (tertiary/aromatic N) is 1. The molecule has 0 aliphatic carbocycles. The van der Waals surface area contributed by atoms with E-state index in [9.17, 15) is 27.2 Å². The van der Waals surface area contributed by atoms with Gasteiger partial charge in [0.2, 0.25) is 11.8 Å². The molecule has 1 saturated heterocycles. The lowest BCUT2D eigenvalue weighted by Crippen LogP contribution is -2.29. The van der Waals surface area contributed by atoms with E-state index < -0.39 is 41.0 Å². The molecule has 0 spiro atoms. The maximum Gasteiger partial charge on any atom is 0.418 e. The van der Waals surface area contributed by atoms with Crippen LogP contribution in [0, 0.1) is 11.7 Å². The lowest BCUT2D eigenvalue weighted by molar-refractivity contribution is -0.137. The van der Waals surface area contributed by atoms with Crippen molar-refractivity contribution in [3.8, 4) is 5.75 Å². The largest absolute Gasteiger partial charge is 0.495 e. The van der Waals surface area contributed by atoms with Crippen LogP contribution in [-0.4, -0.2) is 25.5 Å². The number of nitrogens with one attached hydrogen (secondary N) is 1. The molecular weight excluding hydrogens is 416 g/mol. The number of anilines is 2. The summed E-state index contributed by atoms with van der Waals surface area (Å²) < 4.78 is 57.8. The zero-order valence-corrected chi connectivity index (χ0v) is 15.8. The Morgan fingerprint density at radius 3 is 2.62 bits per heavy atom. The molecule has 0 unspecified atom stereocenters. The summed E-state index contributed by atoms with van der Waals surface area (Å²) >= 11 is 5.97. The molecule has 2 aromatic rings. The highest BCUT2D eigenvalue weighted by molar-refractivity contribution is 6.31. The zero-order chi connectivity index (χ0) is 21.3. The van der Waals surface area contributed by atoms with Gasteiger partial charge in [-0.2, -0.15) is 13.2 Å². The van der Waals surface area contributed by atoms with E-state index in [4.69, 9.17) is 16.3 Å². The number of hydrogen-bond donors (Lipinski definition) is 1. The summed E-state index contributed by atoms with van der Waals surface area (Å²) in [7, 11) is 1.41. The average Bonchev–Trinajstić information content (AvgIpc) is 3.04. The van der Waals surface area contributed by atoms with Crippen LogP contribution in [-0.2, 0) is 15.8 Å². The highest BCUT2D eigenvalue weighted by atomic mass is 35.5. The minimum absolute atomic E-state index is 0.0656. The van der Waals surface area contributed by atoms with Gasteiger partial charge in [-0.1, -0.05) is 11.6 Å². The molecule has 29 heavy (non-hydrogen) atoms. The quantitative estimate of drug-likeness (QED) is 0.727. The van der Waals surface area contributed by atoms with E-state index in [2.05, 4.69) is 5.32 Å². The molecule has 0 aromatic heterocycles. The van der Waals surface area contributed by atoms with Gasteiger partial charge in [0.1, 0.15) is 11.6 Å². The number of amides is 2. The van der Waals surface area contributed by atoms with Gasteiger partial charge in [-0.05, 0) is 36.4 Å². The van der Waals surface area contributed by atoms with Crippen molar-refractivity contribution < 1.29 is 31.9 Å². The van der Waals surface area contributed by atoms with Gasteiger partial charge in [-0.25, -0.2) is 4.39 Å². The fourth-order valence-electron chi connectivity index (χ4n) is 3.08. The van der Waals surface area contributed by atoms with Crippen LogP contribution < -0.4 is 15.0 Å². The van der Waals surface area contributed by atoms with Crippen LogP contribution in [0.2, 0.25) is 5.02 Å². The van der Waals surface area contributed by atoms with Gasteiger partial charge in [0.05, 0.1) is 30.0 Å². The topological polar surface area (TPSA) is 58.6 Å². The first-order chi connectivity index (χ1) is 13.6. The molecule has 154 valence electrons. The van der Waals surface area contributed by atoms with Crippen molar-refractivity contribution in [2.45, 2.75) is 12.6 Å². The van der Waals surface area contributed by atoms with Crippen LogP contribution in [0.1, 0.15) is 12.0 Å². The molecule has 1 atom stereocenters. The van der Waals surface area contributed by atoms with Crippen molar-refractivity contribution in [1.29, 1.82) is 0 Å². The lowest BCUT2D eigenvalue weighted by Gasteiger charge is -2.20. The van der Waals surface area contributed by atoms with Crippen molar-refractivity contribution >= 4 is 34.8 Å². The average molecular weight is 431 g/mol. The first-order valence-corrected chi connectivity index (χ1v) is 8.79. The molecule has 2 amide bonds. The molecule has 2 aromatic carbocycles. The second kappa shape index (κ2) is 7.90. The Labute approximate surface area is 168 Å². The SMILES string of the molecule is COc1ccc(Cl)cc1N1C[C@H](C(=O)Nc2ccc(F)cc2C(F)(F)F)CC1=O. The summed E-state index contributed by atoms with van der Waals surface area (Å²) in [6.07, 6.45) is -5.06. The molecule has 1 aliphatic rings. The normalized spacial score (nSPS) is 16.8. The number of benzene rings is 2. The van der Waals surface area contributed by atoms with Crippen LogP contribution >= 0.6 is 11.6 Å². The Balaban J connectivity index is 1.81. The monoisotopic (exact) mass is 430 g/mol. The Bertz CT molecular complexity index is 965. The van der Waals surface area contributed by atoms with E-state index in [0.29, 0.717) is 22.5 Å². The third-order valence-corrected chi connectivity index (χ3v) is 4.71. The predicted octanol–water partition coefficient (Wildman–Crippen LogP) is 4.50. The maximum atomic E-state index is 13.2. The van der Waals surface area contributed by atoms with Crippen molar-refractivity contribution in [2.24, 2.45) is 5.92 Å². The summed E-state index contributed by atoms with van der Waals surface area (Å²) in [6, 6.07) is 6.59. The fourth-order valence-corrected chi connectivity index (χ4v) is 3.25. The van der Waals surface area contributed by atoms with Gasteiger partial charge in [0.25, 0.3) is 0 Å². The third-order valence-electron chi connectivity index (χ3n) is 4.47. The molecular formula is C19H15ClF4N2O3. The highest BCUT2D eigenvalue weighted by Crippen LogP contribution is 2.37. The number of carbonyl (C=O) groups excluding carboxylic acids is 2. The first kappa shape index (κ1) is 20.9. The summed E-state index contributed by atoms with van der Waals surface area (Å²) in [5.41, 5.74) is -1.52. The second-order valence-corrected chi connectivity index (χ2v) is 6.83. The Kier molecular flexibility index (Phi) is 5.70. The Hall–Kier alpha value is -2.81. The van der Waals surface area contributed by atoms with E-state index in [1.807, 2.05) is 0 Å². The van der Waals surface area contributed by atoms with E-state index in [1.165, 1.54) is 18.1 Å². The Morgan fingerprint density at radius 2 is 1.97 bits per heavy atom. The number of alkyl halides is 3. The Morgan fingerprint density at radius 1 is 1.24 bits per heavy atom. The smallest absolute Gasteiger partial charge is 0.418 e. The summed E-state index contributed by atoms with van der Waals surface area (Å²) in [5, 5.41) is 2.51. The predicted molar refractivity (Wildman–Crippen MR) is 98.5 cm³/mol. The fraction of sp³-hybridized carbons (Fsp3) is 0.263. The number of hydrogen-bond acceptors (Lipinski definition) is 3. The molecule has 1 heterocycles. The van der Waals surface area contributed by atoms with Gasteiger partial charge < -0.3 is 15.0 Å². The van der Waals surface area contributed by atoms with Gasteiger partial charge in [0, 0.05) is 18.0 Å². The van der Waals surface area contributed by atoms with Crippen molar-refractivity contribution in [1.82, 2.24) is 0 Å². The number of halogens is 5. The van der Waals surface area contributed by atoms with Crippen LogP contribution in [0.5, 0.6) is 5.75 Å². The molecule has 5 nitrogen and oxygen atoms in total. The molecule has 0 radical (unpaired) electrons. The summed E-state index contributed by atoms with van der Waals surface area (Å²) in [4.78, 5) is 26.2. The molecule has 10 heteroatoms. The van der Waals surface area contributed by atoms with Gasteiger partial charge in [0.15, 0.2) is 0 Å². The zero-order valence-electron chi connectivity index (χ0n) is 15.0. The van der Waals surface area contributed by atoms with Crippen molar-refractivity contribution in [2.75, 3.05) is 23.9 Å². The van der Waals surface area contributed by atoms with Gasteiger partial charge >= 0.3 is 6.18 Å². The molecule has 1 fully saturated rings. The van der Waals surface area contributed by atoms with E-state index in [1.54, 1.807) is 12.1 Å². The summed E-state index contributed by atoms with van der Waals surface area (Å²) in [5.74, 6) is -2.80. The number of methoxy groups -OCH3 is 1. The van der Waals surface area contributed by atoms with Crippen LogP contribution in [0.25, 0.3) is 0 Å². The molecule has 3 rings (SSSR count). The third kappa shape index (κ3) is 4.45. The molecule has 0 bridgehead atoms. The van der Waals surface area contributed by atoms with Crippen molar-refractivity contribution in [3.63, 3.8) is 0 Å². The minimum atomic E-state index is -4.85. The lowest BCUT2D eigenvalue weighted by atomic mass is 10.1. The number of rotatable bonds is 4. The number of ether oxygens (including phenoxy) is 1. The van der Waals surface area contributed by atoms with E-state index in [0.717, 1.165) is 12.1 Å². The highest BCUT2D eigenvalue weighted by Gasteiger charge is 2.38. The van der Waals surface area contributed by atoms with Crippen molar-refractivity contribution in [3.05, 3.63) is 52.8 Å². The first-order valence-electron chi connectivity index (χ1n) is 8.41. The van der Waals surface area contributed by atoms with Crippen LogP contribution in [0.4, 0.5) is 28.9 Å². The van der Waals surface area contributed by atoms with E-state index in [-0.39, 0.29) is 13.0 Å². The standard InChI is InChI=1S/C19H15ClF4N2O3/c1-29-16-5-2-11(20)7-15(16)26-9-10(6-17(26)27)18(28)25-14-4-3-12(21)8-13(14)19(22,23)24/h2-5,7-8,10H,6,9H2,1H3,(H,25,28)/t10-/m1/s1. The van der Waals surface area contributed by atoms with Gasteiger partial charge in [-0.3, -0.25) is 9.59 Å². The second-order valence-electron chi connectivity index (χ2n) is 6.40.